The van der Waals surface area contributed by atoms with Crippen LogP contribution in [-0.4, -0.2) is 21.6 Å². The lowest BCUT2D eigenvalue weighted by Crippen LogP contribution is -2.47. The highest BCUT2D eigenvalue weighted by atomic mass is 16.2. The number of benzene rings is 1. The molecular formula is C12H16N4O. The van der Waals surface area contributed by atoms with E-state index in [1.807, 2.05) is 25.1 Å². The first-order valence-corrected chi connectivity index (χ1v) is 5.57. The molecule has 0 spiro atoms. The monoisotopic (exact) mass is 232 g/mol. The summed E-state index contributed by atoms with van der Waals surface area (Å²) in [5, 5.41) is 10.6. The van der Waals surface area contributed by atoms with E-state index in [0.717, 1.165) is 10.9 Å². The quantitative estimate of drug-likeness (QED) is 0.752. The van der Waals surface area contributed by atoms with E-state index in [1.54, 1.807) is 13.1 Å². The van der Waals surface area contributed by atoms with Crippen molar-refractivity contribution in [2.24, 2.45) is 5.73 Å². The topological polar surface area (TPSA) is 83.8 Å². The van der Waals surface area contributed by atoms with Gasteiger partial charge in [-0.3, -0.25) is 9.89 Å². The maximum absolute atomic E-state index is 12.0. The van der Waals surface area contributed by atoms with Gasteiger partial charge in [0.1, 0.15) is 0 Å². The van der Waals surface area contributed by atoms with Gasteiger partial charge in [-0.1, -0.05) is 19.1 Å². The lowest BCUT2D eigenvalue weighted by Gasteiger charge is -2.21. The molecule has 0 fully saturated rings. The van der Waals surface area contributed by atoms with E-state index < -0.39 is 5.54 Å². The number of amides is 1. The second-order valence-electron chi connectivity index (χ2n) is 4.36. The van der Waals surface area contributed by atoms with Crippen molar-refractivity contribution >= 4 is 22.5 Å². The van der Waals surface area contributed by atoms with Gasteiger partial charge in [0.05, 0.1) is 22.9 Å². The highest BCUT2D eigenvalue weighted by Gasteiger charge is 2.26. The van der Waals surface area contributed by atoms with Crippen LogP contribution in [0.3, 0.4) is 0 Å². The van der Waals surface area contributed by atoms with Crippen LogP contribution in [0.1, 0.15) is 20.3 Å². The maximum Gasteiger partial charge on any atom is 0.244 e. The van der Waals surface area contributed by atoms with E-state index in [4.69, 9.17) is 5.73 Å². The maximum atomic E-state index is 12.0. The number of aromatic amines is 1. The lowest BCUT2D eigenvalue weighted by atomic mass is 9.99. The van der Waals surface area contributed by atoms with Crippen molar-refractivity contribution < 1.29 is 4.79 Å². The third-order valence-corrected chi connectivity index (χ3v) is 2.98. The highest BCUT2D eigenvalue weighted by Crippen LogP contribution is 2.21. The van der Waals surface area contributed by atoms with E-state index in [1.165, 1.54) is 0 Å². The molecule has 4 N–H and O–H groups in total. The number of nitrogens with one attached hydrogen (secondary N) is 2. The average molecular weight is 232 g/mol. The third kappa shape index (κ3) is 2.14. The largest absolute Gasteiger partial charge is 0.323 e. The van der Waals surface area contributed by atoms with Crippen molar-refractivity contribution in [2.45, 2.75) is 25.8 Å². The molecule has 2 rings (SSSR count). The van der Waals surface area contributed by atoms with Gasteiger partial charge >= 0.3 is 0 Å². The second-order valence-corrected chi connectivity index (χ2v) is 4.36. The molecule has 0 saturated heterocycles. The number of para-hydroxylation sites is 1. The number of nitrogens with two attached hydrogens (primary N) is 1. The summed E-state index contributed by atoms with van der Waals surface area (Å²) in [5.41, 5.74) is 6.55. The fraction of sp³-hybridized carbons (Fsp3) is 0.333. The molecule has 5 heteroatoms. The molecule has 0 aliphatic carbocycles. The first kappa shape index (κ1) is 11.6. The third-order valence-electron chi connectivity index (χ3n) is 2.98. The Morgan fingerprint density at radius 3 is 3.06 bits per heavy atom. The van der Waals surface area contributed by atoms with Gasteiger partial charge in [-0.2, -0.15) is 5.10 Å². The molecule has 1 heterocycles. The zero-order valence-corrected chi connectivity index (χ0v) is 9.95. The van der Waals surface area contributed by atoms with Gasteiger partial charge in [-0.25, -0.2) is 0 Å². The van der Waals surface area contributed by atoms with Crippen molar-refractivity contribution in [2.75, 3.05) is 5.32 Å². The summed E-state index contributed by atoms with van der Waals surface area (Å²) >= 11 is 0. The Kier molecular flexibility index (Phi) is 2.85. The molecule has 0 radical (unpaired) electrons. The van der Waals surface area contributed by atoms with Gasteiger partial charge in [0.15, 0.2) is 0 Å². The molecule has 0 aliphatic heterocycles. The summed E-state index contributed by atoms with van der Waals surface area (Å²) in [6, 6.07) is 5.62. The molecule has 1 aromatic heterocycles. The van der Waals surface area contributed by atoms with Crippen molar-refractivity contribution in [1.82, 2.24) is 10.2 Å². The first-order chi connectivity index (χ1) is 8.04. The molecule has 17 heavy (non-hydrogen) atoms. The number of hydrogen-bond donors (Lipinski definition) is 3. The van der Waals surface area contributed by atoms with E-state index in [0.29, 0.717) is 12.1 Å². The van der Waals surface area contributed by atoms with Crippen LogP contribution in [0.15, 0.2) is 24.4 Å². The Bertz CT molecular complexity index is 544. The molecule has 2 aromatic rings. The van der Waals surface area contributed by atoms with E-state index >= 15 is 0 Å². The van der Waals surface area contributed by atoms with Gasteiger partial charge < -0.3 is 11.1 Å². The smallest absolute Gasteiger partial charge is 0.244 e. The van der Waals surface area contributed by atoms with Gasteiger partial charge in [0.2, 0.25) is 5.91 Å². The number of nitrogens with zero attached hydrogens (tertiary/aromatic N) is 1. The summed E-state index contributed by atoms with van der Waals surface area (Å²) < 4.78 is 0. The van der Waals surface area contributed by atoms with Crippen molar-refractivity contribution in [3.63, 3.8) is 0 Å². The summed E-state index contributed by atoms with van der Waals surface area (Å²) in [5.74, 6) is -0.192. The van der Waals surface area contributed by atoms with Crippen LogP contribution < -0.4 is 11.1 Å². The summed E-state index contributed by atoms with van der Waals surface area (Å²) in [6.45, 7) is 3.60. The number of fused-ring (bicyclic) bond motifs is 1. The van der Waals surface area contributed by atoms with Crippen LogP contribution >= 0.6 is 0 Å². The predicted molar refractivity (Wildman–Crippen MR) is 67.6 cm³/mol. The lowest BCUT2D eigenvalue weighted by molar-refractivity contribution is -0.120. The van der Waals surface area contributed by atoms with Crippen molar-refractivity contribution in [1.29, 1.82) is 0 Å². The van der Waals surface area contributed by atoms with Gasteiger partial charge in [0, 0.05) is 5.39 Å². The summed E-state index contributed by atoms with van der Waals surface area (Å²) in [6.07, 6.45) is 2.30. The average Bonchev–Trinajstić information content (AvgIpc) is 2.78. The van der Waals surface area contributed by atoms with E-state index in [2.05, 4.69) is 15.5 Å². The number of rotatable bonds is 3. The first-order valence-electron chi connectivity index (χ1n) is 5.57. The fourth-order valence-electron chi connectivity index (χ4n) is 1.50. The number of carbonyl (C=O) groups excluding carboxylic acids is 1. The molecule has 1 aromatic carbocycles. The van der Waals surface area contributed by atoms with Crippen molar-refractivity contribution in [3.05, 3.63) is 24.4 Å². The molecule has 0 bridgehead atoms. The minimum atomic E-state index is -0.859. The molecule has 0 aliphatic rings. The molecule has 5 nitrogen and oxygen atoms in total. The Morgan fingerprint density at radius 2 is 2.35 bits per heavy atom. The Morgan fingerprint density at radius 1 is 1.59 bits per heavy atom. The zero-order chi connectivity index (χ0) is 12.5. The fourth-order valence-corrected chi connectivity index (χ4v) is 1.50. The zero-order valence-electron chi connectivity index (χ0n) is 9.95. The summed E-state index contributed by atoms with van der Waals surface area (Å²) in [4.78, 5) is 12.0. The Labute approximate surface area is 99.4 Å². The minimum absolute atomic E-state index is 0.192. The van der Waals surface area contributed by atoms with Crippen LogP contribution in [0, 0.1) is 0 Å². The molecule has 1 unspecified atom stereocenters. The molecular weight excluding hydrogens is 216 g/mol. The second kappa shape index (κ2) is 4.18. The molecule has 0 saturated carbocycles. The SMILES string of the molecule is CCC(C)(N)C(=O)Nc1cccc2cn[nH]c12. The number of H-pyrrole nitrogens is 1. The summed E-state index contributed by atoms with van der Waals surface area (Å²) in [7, 11) is 0. The van der Waals surface area contributed by atoms with E-state index in [9.17, 15) is 4.79 Å². The van der Waals surface area contributed by atoms with Crippen LogP contribution in [-0.2, 0) is 4.79 Å². The molecule has 1 atom stereocenters. The number of hydrogen-bond acceptors (Lipinski definition) is 3. The number of anilines is 1. The Hall–Kier alpha value is -1.88. The van der Waals surface area contributed by atoms with Crippen LogP contribution in [0.5, 0.6) is 0 Å². The Balaban J connectivity index is 2.30. The van der Waals surface area contributed by atoms with Gasteiger partial charge in [0.25, 0.3) is 0 Å². The molecule has 1 amide bonds. The number of aromatic nitrogens is 2. The minimum Gasteiger partial charge on any atom is -0.323 e. The van der Waals surface area contributed by atoms with E-state index in [-0.39, 0.29) is 5.91 Å². The van der Waals surface area contributed by atoms with Crippen LogP contribution in [0.25, 0.3) is 10.9 Å². The highest BCUT2D eigenvalue weighted by molar-refractivity contribution is 6.03. The standard InChI is InChI=1S/C12H16N4O/c1-3-12(2,13)11(17)15-9-6-4-5-8-7-14-16-10(8)9/h4-7H,3,13H2,1-2H3,(H,14,16)(H,15,17). The van der Waals surface area contributed by atoms with Gasteiger partial charge in [-0.15, -0.1) is 0 Å². The number of carbonyl (C=O) groups is 1. The van der Waals surface area contributed by atoms with Crippen LogP contribution in [0.2, 0.25) is 0 Å². The normalized spacial score (nSPS) is 14.5. The predicted octanol–water partition coefficient (Wildman–Crippen LogP) is 1.63. The van der Waals surface area contributed by atoms with Gasteiger partial charge in [-0.05, 0) is 19.4 Å². The van der Waals surface area contributed by atoms with Crippen molar-refractivity contribution in [3.8, 4) is 0 Å². The van der Waals surface area contributed by atoms with Crippen LogP contribution in [0.4, 0.5) is 5.69 Å². The molecule has 90 valence electrons.